The van der Waals surface area contributed by atoms with Gasteiger partial charge in [0.25, 0.3) is 0 Å². The summed E-state index contributed by atoms with van der Waals surface area (Å²) in [5, 5.41) is 0. The minimum absolute atomic E-state index is 0.330. The first-order valence-corrected chi connectivity index (χ1v) is 11.3. The van der Waals surface area contributed by atoms with Crippen molar-refractivity contribution in [3.63, 3.8) is 0 Å². The second-order valence-electron chi connectivity index (χ2n) is 9.00. The molecule has 1 aliphatic heterocycles. The van der Waals surface area contributed by atoms with Crippen molar-refractivity contribution in [3.05, 3.63) is 66.7 Å². The molecule has 0 amide bonds. The summed E-state index contributed by atoms with van der Waals surface area (Å²) in [5.41, 5.74) is 0.440. The van der Waals surface area contributed by atoms with Crippen LogP contribution in [0.25, 0.3) is 0 Å². The van der Waals surface area contributed by atoms with Crippen LogP contribution in [0.1, 0.15) is 50.9 Å². The molecule has 1 heterocycles. The Labute approximate surface area is 201 Å². The lowest BCUT2D eigenvalue weighted by Crippen LogP contribution is -2.41. The Bertz CT molecular complexity index is 981. The molecule has 0 bridgehead atoms. The molecule has 0 N–H and O–H groups in total. The minimum Gasteiger partial charge on any atom is -0.494 e. The highest BCUT2D eigenvalue weighted by Crippen LogP contribution is 2.36. The van der Waals surface area contributed by atoms with Crippen molar-refractivity contribution in [2.45, 2.75) is 51.7 Å². The zero-order chi connectivity index (χ0) is 24.8. The third-order valence-electron chi connectivity index (χ3n) is 5.92. The maximum absolute atomic E-state index is 12.5. The number of unbranched alkanes of at least 4 members (excludes halogenated alkanes) is 1. The molecule has 8 heteroatoms. The van der Waals surface area contributed by atoms with E-state index in [0.717, 1.165) is 18.0 Å². The Kier molecular flexibility index (Phi) is 8.17. The molecule has 0 unspecified atom stereocenters. The van der Waals surface area contributed by atoms with Gasteiger partial charge in [0, 0.05) is 6.08 Å². The van der Waals surface area contributed by atoms with E-state index in [9.17, 15) is 9.59 Å². The predicted octanol–water partition coefficient (Wildman–Crippen LogP) is 4.09. The van der Waals surface area contributed by atoms with Gasteiger partial charge < -0.3 is 23.5 Å². The van der Waals surface area contributed by atoms with Crippen molar-refractivity contribution in [2.75, 3.05) is 13.2 Å². The molecule has 0 aromatic heterocycles. The van der Waals surface area contributed by atoms with Crippen LogP contribution < -0.4 is 14.9 Å². The average Bonchev–Trinajstić information content (AvgIpc) is 3.03. The number of carbonyl (C=O) groups is 2. The highest BCUT2D eigenvalue weighted by molar-refractivity contribution is 6.62. The van der Waals surface area contributed by atoms with Crippen molar-refractivity contribution >= 4 is 24.5 Å². The Hall–Kier alpha value is -3.10. The maximum Gasteiger partial charge on any atom is 0.494 e. The zero-order valence-electron chi connectivity index (χ0n) is 20.2. The molecule has 2 aromatic rings. The van der Waals surface area contributed by atoms with E-state index in [4.69, 9.17) is 23.5 Å². The number of carbonyl (C=O) groups excluding carboxylic acids is 2. The lowest BCUT2D eigenvalue weighted by molar-refractivity contribution is -0.137. The van der Waals surface area contributed by atoms with Crippen LogP contribution >= 0.6 is 0 Å². The molecule has 2 aromatic carbocycles. The fraction of sp³-hybridized carbons (Fsp3) is 0.385. The number of rotatable bonds is 10. The summed E-state index contributed by atoms with van der Waals surface area (Å²) in [7, 11) is -0.468. The number of ether oxygens (including phenoxy) is 3. The summed E-state index contributed by atoms with van der Waals surface area (Å²) in [5.74, 6) is 0.192. The summed E-state index contributed by atoms with van der Waals surface area (Å²) in [6, 6.07) is 13.9. The van der Waals surface area contributed by atoms with Crippen LogP contribution in [0.15, 0.2) is 61.2 Å². The van der Waals surface area contributed by atoms with E-state index in [1.54, 1.807) is 36.4 Å². The molecule has 1 fully saturated rings. The lowest BCUT2D eigenvalue weighted by atomic mass is 9.79. The van der Waals surface area contributed by atoms with Crippen molar-refractivity contribution in [3.8, 4) is 11.5 Å². The van der Waals surface area contributed by atoms with Gasteiger partial charge in [0.1, 0.15) is 11.5 Å². The Morgan fingerprint density at radius 1 is 0.882 bits per heavy atom. The highest BCUT2D eigenvalue weighted by Gasteiger charge is 2.51. The summed E-state index contributed by atoms with van der Waals surface area (Å²) < 4.78 is 28.1. The third kappa shape index (κ3) is 6.49. The van der Waals surface area contributed by atoms with Gasteiger partial charge in [0.2, 0.25) is 0 Å². The zero-order valence-corrected chi connectivity index (χ0v) is 20.2. The number of esters is 2. The van der Waals surface area contributed by atoms with E-state index in [2.05, 4.69) is 6.58 Å². The molecule has 0 atom stereocenters. The average molecular weight is 466 g/mol. The van der Waals surface area contributed by atoms with Gasteiger partial charge in [-0.2, -0.15) is 0 Å². The second kappa shape index (κ2) is 10.9. The van der Waals surface area contributed by atoms with Gasteiger partial charge in [-0.25, -0.2) is 9.59 Å². The molecule has 0 aliphatic carbocycles. The van der Waals surface area contributed by atoms with E-state index in [1.807, 2.05) is 39.8 Å². The number of hydrogen-bond donors (Lipinski definition) is 0. The quantitative estimate of drug-likeness (QED) is 0.172. The van der Waals surface area contributed by atoms with E-state index >= 15 is 0 Å². The molecule has 3 rings (SSSR count). The summed E-state index contributed by atoms with van der Waals surface area (Å²) in [4.78, 5) is 23.4. The van der Waals surface area contributed by atoms with Crippen LogP contribution in [0.3, 0.4) is 0 Å². The molecule has 1 aliphatic rings. The van der Waals surface area contributed by atoms with Gasteiger partial charge in [0.15, 0.2) is 0 Å². The van der Waals surface area contributed by atoms with Crippen molar-refractivity contribution in [1.82, 2.24) is 0 Å². The van der Waals surface area contributed by atoms with Gasteiger partial charge in [-0.3, -0.25) is 0 Å². The third-order valence-corrected chi connectivity index (χ3v) is 5.92. The Balaban J connectivity index is 1.46. The van der Waals surface area contributed by atoms with Crippen molar-refractivity contribution in [1.29, 1.82) is 0 Å². The van der Waals surface area contributed by atoms with E-state index < -0.39 is 30.3 Å². The topological polar surface area (TPSA) is 80.3 Å². The molecule has 0 radical (unpaired) electrons. The molecule has 180 valence electrons. The van der Waals surface area contributed by atoms with E-state index in [-0.39, 0.29) is 0 Å². The molecular weight excluding hydrogens is 435 g/mol. The molecule has 7 nitrogen and oxygen atoms in total. The number of benzene rings is 2. The first-order chi connectivity index (χ1) is 16.1. The fourth-order valence-electron chi connectivity index (χ4n) is 3.15. The smallest absolute Gasteiger partial charge is 0.494 e. The van der Waals surface area contributed by atoms with Gasteiger partial charge >= 0.3 is 19.1 Å². The van der Waals surface area contributed by atoms with Crippen molar-refractivity contribution < 1.29 is 33.1 Å². The van der Waals surface area contributed by atoms with Crippen LogP contribution in [0.5, 0.6) is 11.5 Å². The van der Waals surface area contributed by atoms with Gasteiger partial charge in [-0.1, -0.05) is 18.7 Å². The number of hydrogen-bond acceptors (Lipinski definition) is 7. The summed E-state index contributed by atoms with van der Waals surface area (Å²) >= 11 is 0. The first-order valence-electron chi connectivity index (χ1n) is 11.3. The highest BCUT2D eigenvalue weighted by atomic mass is 16.7. The summed E-state index contributed by atoms with van der Waals surface area (Å²) in [6.45, 7) is 12.2. The van der Waals surface area contributed by atoms with E-state index in [0.29, 0.717) is 36.7 Å². The van der Waals surface area contributed by atoms with Gasteiger partial charge in [-0.15, -0.1) is 0 Å². The molecule has 0 spiro atoms. The predicted molar refractivity (Wildman–Crippen MR) is 129 cm³/mol. The molecule has 1 saturated heterocycles. The SMILES string of the molecule is C=CC(=O)OCCCCOc1ccc(C(=O)Oc2ccc(B3OC(C)(C)C(C)(C)O3)cc2)cc1. The van der Waals surface area contributed by atoms with Crippen molar-refractivity contribution in [2.24, 2.45) is 0 Å². The normalized spacial score (nSPS) is 16.1. The molecule has 0 saturated carbocycles. The lowest BCUT2D eigenvalue weighted by Gasteiger charge is -2.32. The minimum atomic E-state index is -0.468. The van der Waals surface area contributed by atoms with Crippen LogP contribution in [-0.4, -0.2) is 43.5 Å². The Morgan fingerprint density at radius 3 is 2.03 bits per heavy atom. The van der Waals surface area contributed by atoms with Crippen LogP contribution in [0.4, 0.5) is 0 Å². The van der Waals surface area contributed by atoms with Crippen LogP contribution in [-0.2, 0) is 18.8 Å². The Morgan fingerprint density at radius 2 is 1.44 bits per heavy atom. The van der Waals surface area contributed by atoms with Crippen LogP contribution in [0.2, 0.25) is 0 Å². The monoisotopic (exact) mass is 466 g/mol. The van der Waals surface area contributed by atoms with Crippen LogP contribution in [0, 0.1) is 0 Å². The largest absolute Gasteiger partial charge is 0.494 e. The molecular formula is C26H31BO7. The standard InChI is InChI=1S/C26H31BO7/c1-6-23(28)31-18-8-7-17-30-21-13-9-19(10-14-21)24(29)32-22-15-11-20(12-16-22)27-33-25(2,3)26(4,5)34-27/h6,9-16H,1,7-8,17-18H2,2-5H3. The van der Waals surface area contributed by atoms with E-state index in [1.165, 1.54) is 0 Å². The molecule has 34 heavy (non-hydrogen) atoms. The van der Waals surface area contributed by atoms with Gasteiger partial charge in [-0.05, 0) is 82.4 Å². The fourth-order valence-corrected chi connectivity index (χ4v) is 3.15. The first kappa shape index (κ1) is 25.5. The summed E-state index contributed by atoms with van der Waals surface area (Å²) in [6.07, 6.45) is 2.56. The van der Waals surface area contributed by atoms with Gasteiger partial charge in [0.05, 0.1) is 30.0 Å². The maximum atomic E-state index is 12.5. The second-order valence-corrected chi connectivity index (χ2v) is 9.00.